The van der Waals surface area contributed by atoms with Crippen molar-refractivity contribution in [2.75, 3.05) is 19.5 Å². The second-order valence-electron chi connectivity index (χ2n) is 7.33. The number of carbonyl (C=O) groups is 1. The van der Waals surface area contributed by atoms with Gasteiger partial charge in [0.2, 0.25) is 4.96 Å². The van der Waals surface area contributed by atoms with Crippen LogP contribution in [0.15, 0.2) is 58.2 Å². The van der Waals surface area contributed by atoms with Gasteiger partial charge in [0.1, 0.15) is 5.01 Å². The van der Waals surface area contributed by atoms with E-state index in [0.717, 1.165) is 22.7 Å². The van der Waals surface area contributed by atoms with Gasteiger partial charge >= 0.3 is 0 Å². The van der Waals surface area contributed by atoms with Crippen LogP contribution in [0.4, 0.5) is 5.69 Å². The van der Waals surface area contributed by atoms with Gasteiger partial charge < -0.3 is 14.8 Å². The second kappa shape index (κ2) is 10.7. The monoisotopic (exact) mass is 496 g/mol. The van der Waals surface area contributed by atoms with Crippen molar-refractivity contribution in [1.82, 2.24) is 14.6 Å². The zero-order chi connectivity index (χ0) is 24.1. The van der Waals surface area contributed by atoms with Gasteiger partial charge in [-0.3, -0.25) is 9.59 Å². The van der Waals surface area contributed by atoms with Crippen LogP contribution in [0.3, 0.4) is 0 Å². The van der Waals surface area contributed by atoms with E-state index in [9.17, 15) is 9.59 Å². The summed E-state index contributed by atoms with van der Waals surface area (Å²) in [6.45, 7) is 2.08. The second-order valence-corrected chi connectivity index (χ2v) is 9.39. The third-order valence-corrected chi connectivity index (χ3v) is 7.04. The van der Waals surface area contributed by atoms with Crippen LogP contribution in [-0.2, 0) is 12.2 Å². The molecule has 4 rings (SSSR count). The summed E-state index contributed by atoms with van der Waals surface area (Å²) in [6.07, 6.45) is 1.79. The molecule has 4 aromatic rings. The largest absolute Gasteiger partial charge is 0.493 e. The normalized spacial score (nSPS) is 10.9. The van der Waals surface area contributed by atoms with E-state index in [1.54, 1.807) is 25.3 Å². The van der Waals surface area contributed by atoms with Crippen molar-refractivity contribution >= 4 is 39.7 Å². The Balaban J connectivity index is 1.51. The van der Waals surface area contributed by atoms with Crippen LogP contribution >= 0.6 is 23.1 Å². The number of benzene rings is 2. The Morgan fingerprint density at radius 3 is 2.68 bits per heavy atom. The van der Waals surface area contributed by atoms with Crippen molar-refractivity contribution in [2.45, 2.75) is 30.4 Å². The SMILES string of the molecule is CCCc1nn2c(=O)cc(CSc3ccccc3NC(=O)c3ccc(OC)c(OC)c3)nc2s1. The lowest BCUT2D eigenvalue weighted by Crippen LogP contribution is -2.15. The Labute approximate surface area is 205 Å². The molecule has 2 aromatic carbocycles. The number of ether oxygens (including phenoxy) is 2. The first-order chi connectivity index (χ1) is 16.5. The molecule has 0 unspecified atom stereocenters. The van der Waals surface area contributed by atoms with E-state index in [4.69, 9.17) is 9.47 Å². The number of fused-ring (bicyclic) bond motifs is 1. The third-order valence-electron chi connectivity index (χ3n) is 4.96. The van der Waals surface area contributed by atoms with Crippen molar-refractivity contribution in [3.63, 3.8) is 0 Å². The fraction of sp³-hybridized carbons (Fsp3) is 0.250. The van der Waals surface area contributed by atoms with Gasteiger partial charge in [-0.05, 0) is 36.8 Å². The molecular formula is C24H24N4O4S2. The average Bonchev–Trinajstić information content (AvgIpc) is 3.26. The number of nitrogens with one attached hydrogen (secondary N) is 1. The number of methoxy groups -OCH3 is 2. The number of aryl methyl sites for hydroxylation is 1. The highest BCUT2D eigenvalue weighted by Crippen LogP contribution is 2.31. The van der Waals surface area contributed by atoms with E-state index < -0.39 is 0 Å². The zero-order valence-corrected chi connectivity index (χ0v) is 20.7. The predicted octanol–water partition coefficient (Wildman–Crippen LogP) is 4.67. The van der Waals surface area contributed by atoms with Gasteiger partial charge in [-0.15, -0.1) is 11.8 Å². The number of aromatic nitrogens is 3. The number of para-hydroxylation sites is 1. The lowest BCUT2D eigenvalue weighted by atomic mass is 10.2. The molecule has 0 fully saturated rings. The molecule has 34 heavy (non-hydrogen) atoms. The summed E-state index contributed by atoms with van der Waals surface area (Å²) in [4.78, 5) is 31.4. The molecule has 176 valence electrons. The van der Waals surface area contributed by atoms with Gasteiger partial charge in [0, 0.05) is 28.7 Å². The maximum Gasteiger partial charge on any atom is 0.275 e. The van der Waals surface area contributed by atoms with E-state index in [1.165, 1.54) is 40.8 Å². The summed E-state index contributed by atoms with van der Waals surface area (Å²) in [6, 6.07) is 14.1. The Morgan fingerprint density at radius 2 is 1.91 bits per heavy atom. The minimum Gasteiger partial charge on any atom is -0.493 e. The molecular weight excluding hydrogens is 472 g/mol. The van der Waals surface area contributed by atoms with E-state index in [1.807, 2.05) is 24.3 Å². The molecule has 0 spiro atoms. The standard InChI is InChI=1S/C24H24N4O4S2/c1-4-7-21-27-28-22(29)13-16(25-24(28)34-21)14-33-20-9-6-5-8-17(20)26-23(30)15-10-11-18(31-2)19(12-15)32-3/h5-6,8-13H,4,7,14H2,1-3H3,(H,26,30). The van der Waals surface area contributed by atoms with Crippen molar-refractivity contribution in [1.29, 1.82) is 0 Å². The van der Waals surface area contributed by atoms with Gasteiger partial charge in [-0.25, -0.2) is 4.98 Å². The fourth-order valence-corrected chi connectivity index (χ4v) is 5.22. The van der Waals surface area contributed by atoms with Crippen molar-refractivity contribution in [3.05, 3.63) is 75.1 Å². The average molecular weight is 497 g/mol. The van der Waals surface area contributed by atoms with Crippen molar-refractivity contribution in [2.24, 2.45) is 0 Å². The number of rotatable bonds is 9. The molecule has 0 aliphatic heterocycles. The molecule has 0 saturated heterocycles. The number of hydrogen-bond acceptors (Lipinski definition) is 8. The van der Waals surface area contributed by atoms with Gasteiger partial charge in [0.15, 0.2) is 11.5 Å². The molecule has 10 heteroatoms. The fourth-order valence-electron chi connectivity index (χ4n) is 3.30. The van der Waals surface area contributed by atoms with E-state index in [2.05, 4.69) is 22.3 Å². The molecule has 8 nitrogen and oxygen atoms in total. The van der Waals surface area contributed by atoms with Crippen molar-refractivity contribution in [3.8, 4) is 11.5 Å². The predicted molar refractivity (Wildman–Crippen MR) is 135 cm³/mol. The molecule has 0 bridgehead atoms. The van der Waals surface area contributed by atoms with Gasteiger partial charge in [-0.2, -0.15) is 9.61 Å². The molecule has 2 heterocycles. The highest BCUT2D eigenvalue weighted by molar-refractivity contribution is 7.98. The summed E-state index contributed by atoms with van der Waals surface area (Å²) < 4.78 is 11.9. The quantitative estimate of drug-likeness (QED) is 0.337. The van der Waals surface area contributed by atoms with Crippen molar-refractivity contribution < 1.29 is 14.3 Å². The van der Waals surface area contributed by atoms with Gasteiger partial charge in [0.25, 0.3) is 11.5 Å². The molecule has 0 aliphatic carbocycles. The van der Waals surface area contributed by atoms with E-state index in [0.29, 0.717) is 39.2 Å². The summed E-state index contributed by atoms with van der Waals surface area (Å²) in [5.41, 5.74) is 1.61. The number of carbonyl (C=O) groups excluding carboxylic acids is 1. The summed E-state index contributed by atoms with van der Waals surface area (Å²) in [5, 5.41) is 8.21. The first-order valence-electron chi connectivity index (χ1n) is 10.7. The summed E-state index contributed by atoms with van der Waals surface area (Å²) in [5.74, 6) is 1.25. The Bertz CT molecular complexity index is 1380. The summed E-state index contributed by atoms with van der Waals surface area (Å²) in [7, 11) is 3.07. The molecule has 0 aliphatic rings. The third kappa shape index (κ3) is 5.23. The van der Waals surface area contributed by atoms with Crippen LogP contribution in [0.1, 0.15) is 34.4 Å². The molecule has 1 N–H and O–H groups in total. The Hall–Kier alpha value is -3.37. The van der Waals surface area contributed by atoms with Crippen LogP contribution in [0.25, 0.3) is 4.96 Å². The first kappa shape index (κ1) is 23.8. The first-order valence-corrected chi connectivity index (χ1v) is 12.5. The maximum absolute atomic E-state index is 12.9. The molecule has 2 aromatic heterocycles. The number of hydrogen-bond donors (Lipinski definition) is 1. The topological polar surface area (TPSA) is 94.8 Å². The van der Waals surface area contributed by atoms with Crippen LogP contribution in [0.5, 0.6) is 11.5 Å². The summed E-state index contributed by atoms with van der Waals surface area (Å²) >= 11 is 2.94. The van der Waals surface area contributed by atoms with Crippen LogP contribution in [0.2, 0.25) is 0 Å². The lowest BCUT2D eigenvalue weighted by Gasteiger charge is -2.12. The maximum atomic E-state index is 12.9. The van der Waals surface area contributed by atoms with Crippen LogP contribution in [-0.4, -0.2) is 34.7 Å². The zero-order valence-electron chi connectivity index (χ0n) is 19.0. The minimum atomic E-state index is -0.264. The highest BCUT2D eigenvalue weighted by Gasteiger charge is 2.14. The minimum absolute atomic E-state index is 0.186. The van der Waals surface area contributed by atoms with E-state index >= 15 is 0 Å². The smallest absolute Gasteiger partial charge is 0.275 e. The lowest BCUT2D eigenvalue weighted by molar-refractivity contribution is 0.102. The highest BCUT2D eigenvalue weighted by atomic mass is 32.2. The number of nitrogens with zero attached hydrogens (tertiary/aromatic N) is 3. The van der Waals surface area contributed by atoms with Crippen LogP contribution in [0, 0.1) is 0 Å². The molecule has 0 radical (unpaired) electrons. The van der Waals surface area contributed by atoms with Gasteiger partial charge in [0.05, 0.1) is 25.6 Å². The van der Waals surface area contributed by atoms with E-state index in [-0.39, 0.29) is 11.5 Å². The van der Waals surface area contributed by atoms with Crippen LogP contribution < -0.4 is 20.3 Å². The molecule has 0 atom stereocenters. The van der Waals surface area contributed by atoms with Gasteiger partial charge in [-0.1, -0.05) is 30.4 Å². The molecule has 1 amide bonds. The number of amides is 1. The number of anilines is 1. The number of thioether (sulfide) groups is 1. The molecule has 0 saturated carbocycles. The Kier molecular flexibility index (Phi) is 7.49. The Morgan fingerprint density at radius 1 is 1.12 bits per heavy atom.